The van der Waals surface area contributed by atoms with Crippen LogP contribution >= 0.6 is 0 Å². The predicted octanol–water partition coefficient (Wildman–Crippen LogP) is 2.55. The average molecular weight is 326 g/mol. The van der Waals surface area contributed by atoms with Crippen LogP contribution in [0.25, 0.3) is 6.08 Å². The van der Waals surface area contributed by atoms with Gasteiger partial charge in [0.15, 0.2) is 11.7 Å². The lowest BCUT2D eigenvalue weighted by Crippen LogP contribution is -2.45. The van der Waals surface area contributed by atoms with E-state index in [1.807, 2.05) is 0 Å². The molecule has 1 aromatic heterocycles. The minimum absolute atomic E-state index is 0.330. The fourth-order valence-corrected chi connectivity index (χ4v) is 2.02. The van der Waals surface area contributed by atoms with Gasteiger partial charge >= 0.3 is 6.18 Å². The van der Waals surface area contributed by atoms with Crippen LogP contribution in [0, 0.1) is 17.2 Å². The van der Waals surface area contributed by atoms with E-state index in [-0.39, 0.29) is 0 Å². The molecular formula is C15H13F3N2O3. The number of furan rings is 1. The third-order valence-corrected chi connectivity index (χ3v) is 3.24. The van der Waals surface area contributed by atoms with Crippen molar-refractivity contribution in [2.24, 2.45) is 5.92 Å². The zero-order valence-electron chi connectivity index (χ0n) is 11.9. The van der Waals surface area contributed by atoms with Gasteiger partial charge in [0.2, 0.25) is 5.91 Å². The molecule has 0 saturated heterocycles. The quantitative estimate of drug-likeness (QED) is 0.595. The van der Waals surface area contributed by atoms with Gasteiger partial charge in [-0.1, -0.05) is 0 Å². The number of ketones is 1. The molecule has 122 valence electrons. The Morgan fingerprint density at radius 3 is 2.65 bits per heavy atom. The number of halogens is 3. The lowest BCUT2D eigenvalue weighted by atomic mass is 10.0. The molecule has 0 spiro atoms. The Balaban J connectivity index is 2.10. The molecule has 0 radical (unpaired) electrons. The molecule has 1 fully saturated rings. The Morgan fingerprint density at radius 1 is 1.48 bits per heavy atom. The molecule has 2 rings (SSSR count). The maximum Gasteiger partial charge on any atom is 0.406 e. The van der Waals surface area contributed by atoms with Crippen LogP contribution in [0.3, 0.4) is 0 Å². The van der Waals surface area contributed by atoms with Gasteiger partial charge in [-0.25, -0.2) is 0 Å². The van der Waals surface area contributed by atoms with Crippen molar-refractivity contribution >= 4 is 17.8 Å². The second kappa shape index (κ2) is 6.69. The third-order valence-electron chi connectivity index (χ3n) is 3.24. The molecule has 0 N–H and O–H groups in total. The van der Waals surface area contributed by atoms with Gasteiger partial charge < -0.3 is 9.32 Å². The van der Waals surface area contributed by atoms with Gasteiger partial charge in [-0.05, 0) is 37.1 Å². The largest absolute Gasteiger partial charge is 0.465 e. The van der Waals surface area contributed by atoms with Crippen molar-refractivity contribution in [3.63, 3.8) is 0 Å². The van der Waals surface area contributed by atoms with Gasteiger partial charge in [-0.2, -0.15) is 18.4 Å². The number of carbonyl (C=O) groups excluding carboxylic acids is 2. The van der Waals surface area contributed by atoms with Crippen molar-refractivity contribution < 1.29 is 27.2 Å². The van der Waals surface area contributed by atoms with Crippen molar-refractivity contribution in [1.82, 2.24) is 4.90 Å². The molecule has 0 aromatic carbocycles. The highest BCUT2D eigenvalue weighted by molar-refractivity contribution is 6.10. The molecule has 0 bridgehead atoms. The molecule has 1 amide bonds. The van der Waals surface area contributed by atoms with E-state index in [2.05, 4.69) is 0 Å². The van der Waals surface area contributed by atoms with Crippen LogP contribution in [0.2, 0.25) is 0 Å². The van der Waals surface area contributed by atoms with E-state index in [0.29, 0.717) is 23.5 Å². The molecule has 1 aromatic rings. The summed E-state index contributed by atoms with van der Waals surface area (Å²) in [4.78, 5) is 24.7. The van der Waals surface area contributed by atoms with E-state index in [9.17, 15) is 22.8 Å². The van der Waals surface area contributed by atoms with Crippen LogP contribution in [0.4, 0.5) is 13.2 Å². The number of rotatable bonds is 6. The van der Waals surface area contributed by atoms with Gasteiger partial charge in [0.25, 0.3) is 0 Å². The Hall–Kier alpha value is -2.56. The first kappa shape index (κ1) is 16.8. The second-order valence-corrected chi connectivity index (χ2v) is 5.13. The first-order valence-electron chi connectivity index (χ1n) is 6.84. The predicted molar refractivity (Wildman–Crippen MR) is 72.6 cm³/mol. The fourth-order valence-electron chi connectivity index (χ4n) is 2.02. The summed E-state index contributed by atoms with van der Waals surface area (Å²) in [6, 6.07) is 4.06. The minimum Gasteiger partial charge on any atom is -0.465 e. The molecule has 0 aliphatic heterocycles. The first-order valence-corrected chi connectivity index (χ1v) is 6.84. The molecule has 1 atom stereocenters. The zero-order valence-corrected chi connectivity index (χ0v) is 11.9. The van der Waals surface area contributed by atoms with Crippen LogP contribution in [-0.4, -0.2) is 35.4 Å². The van der Waals surface area contributed by atoms with Crippen molar-refractivity contribution in [2.75, 3.05) is 6.54 Å². The zero-order chi connectivity index (χ0) is 17.0. The van der Waals surface area contributed by atoms with Gasteiger partial charge in [-0.15, -0.1) is 0 Å². The number of amides is 1. The summed E-state index contributed by atoms with van der Waals surface area (Å²) >= 11 is 0. The van der Waals surface area contributed by atoms with Crippen LogP contribution < -0.4 is 0 Å². The number of alkyl halides is 3. The van der Waals surface area contributed by atoms with Crippen LogP contribution in [0.1, 0.15) is 18.6 Å². The molecule has 23 heavy (non-hydrogen) atoms. The van der Waals surface area contributed by atoms with E-state index in [1.54, 1.807) is 12.1 Å². The Labute approximate surface area is 130 Å². The molecule has 1 saturated carbocycles. The lowest BCUT2D eigenvalue weighted by molar-refractivity contribution is -0.164. The van der Waals surface area contributed by atoms with E-state index in [1.165, 1.54) is 18.4 Å². The Bertz CT molecular complexity index is 640. The van der Waals surface area contributed by atoms with E-state index < -0.39 is 36.4 Å². The summed E-state index contributed by atoms with van der Waals surface area (Å²) in [5, 5.41) is 9.02. The van der Waals surface area contributed by atoms with Crippen LogP contribution in [0.15, 0.2) is 28.9 Å². The topological polar surface area (TPSA) is 74.3 Å². The summed E-state index contributed by atoms with van der Waals surface area (Å²) in [6.07, 6.45) is -0.109. The van der Waals surface area contributed by atoms with Crippen LogP contribution in [-0.2, 0) is 9.59 Å². The molecule has 1 aliphatic rings. The minimum atomic E-state index is -4.58. The summed E-state index contributed by atoms with van der Waals surface area (Å²) in [6.45, 7) is -1.45. The number of nitrogens with zero attached hydrogens (tertiary/aromatic N) is 2. The summed E-state index contributed by atoms with van der Waals surface area (Å²) in [7, 11) is 0. The summed E-state index contributed by atoms with van der Waals surface area (Å²) in [5.41, 5.74) is 0. The van der Waals surface area contributed by atoms with Gasteiger partial charge in [0.1, 0.15) is 12.3 Å². The molecule has 8 heteroatoms. The summed E-state index contributed by atoms with van der Waals surface area (Å²) in [5.74, 6) is -3.44. The highest BCUT2D eigenvalue weighted by Gasteiger charge is 2.43. The highest BCUT2D eigenvalue weighted by Crippen LogP contribution is 2.31. The lowest BCUT2D eigenvalue weighted by Gasteiger charge is -2.25. The third kappa shape index (κ3) is 4.71. The first-order chi connectivity index (χ1) is 10.8. The molecular weight excluding hydrogens is 313 g/mol. The number of allylic oxidation sites excluding steroid dienone is 1. The van der Waals surface area contributed by atoms with Gasteiger partial charge in [0, 0.05) is 6.04 Å². The monoisotopic (exact) mass is 326 g/mol. The average Bonchev–Trinajstić information content (AvgIpc) is 3.18. The number of carbonyl (C=O) groups is 2. The molecule has 1 aliphatic carbocycles. The van der Waals surface area contributed by atoms with E-state index >= 15 is 0 Å². The molecule has 5 nitrogen and oxygen atoms in total. The number of hydrogen-bond acceptors (Lipinski definition) is 4. The standard InChI is InChI=1S/C15H13F3N2O3/c16-15(17,18)9-20(10-3-4-10)14(22)12(8-19)13(21)6-5-11-2-1-7-23-11/h1-2,5-7,10,12H,3-4,9H2/b6-5-/t12-/m1/s1. The normalized spacial score (nSPS) is 16.1. The van der Waals surface area contributed by atoms with Crippen molar-refractivity contribution in [3.05, 3.63) is 30.2 Å². The Kier molecular flexibility index (Phi) is 4.89. The smallest absolute Gasteiger partial charge is 0.406 e. The van der Waals surface area contributed by atoms with Gasteiger partial charge in [-0.3, -0.25) is 9.59 Å². The van der Waals surface area contributed by atoms with Crippen LogP contribution in [0.5, 0.6) is 0 Å². The van der Waals surface area contributed by atoms with Crippen molar-refractivity contribution in [2.45, 2.75) is 25.1 Å². The summed E-state index contributed by atoms with van der Waals surface area (Å²) < 4.78 is 42.7. The SMILES string of the molecule is N#C[C@H](C(=O)/C=C\c1ccco1)C(=O)N(CC(F)(F)F)C1CC1. The fraction of sp³-hybridized carbons (Fsp3) is 0.400. The van der Waals surface area contributed by atoms with Crippen molar-refractivity contribution in [1.29, 1.82) is 5.26 Å². The van der Waals surface area contributed by atoms with E-state index in [4.69, 9.17) is 9.68 Å². The Morgan fingerprint density at radius 2 is 2.17 bits per heavy atom. The van der Waals surface area contributed by atoms with E-state index in [0.717, 1.165) is 6.08 Å². The second-order valence-electron chi connectivity index (χ2n) is 5.13. The highest BCUT2D eigenvalue weighted by atomic mass is 19.4. The molecule has 0 unspecified atom stereocenters. The molecule has 1 heterocycles. The number of nitriles is 1. The maximum atomic E-state index is 12.6. The van der Waals surface area contributed by atoms with Gasteiger partial charge in [0.05, 0.1) is 12.3 Å². The number of hydrogen-bond donors (Lipinski definition) is 0. The van der Waals surface area contributed by atoms with Crippen molar-refractivity contribution in [3.8, 4) is 6.07 Å². The maximum absolute atomic E-state index is 12.6.